The van der Waals surface area contributed by atoms with Crippen LogP contribution in [0.2, 0.25) is 0 Å². The number of anilines is 1. The van der Waals surface area contributed by atoms with Crippen molar-refractivity contribution in [2.24, 2.45) is 5.73 Å². The minimum Gasteiger partial charge on any atom is -0.432 e. The van der Waals surface area contributed by atoms with Crippen LogP contribution < -0.4 is 15.4 Å². The van der Waals surface area contributed by atoms with Crippen LogP contribution in [0.5, 0.6) is 5.75 Å². The molecule has 6 rings (SSSR count). The summed E-state index contributed by atoms with van der Waals surface area (Å²) in [4.78, 5) is 33.1. The second-order valence-corrected chi connectivity index (χ2v) is 9.12. The highest BCUT2D eigenvalue weighted by molar-refractivity contribution is 6.05. The molecule has 2 aliphatic heterocycles. The molecule has 0 saturated carbocycles. The first-order chi connectivity index (χ1) is 18.2. The Bertz CT molecular complexity index is 1420. The molecule has 1 aromatic carbocycles. The molecule has 5 heterocycles. The van der Waals surface area contributed by atoms with Crippen LogP contribution in [0.25, 0.3) is 33.6 Å². The molecule has 0 atom stereocenters. The minimum atomic E-state index is -0.359. The fourth-order valence-electron chi connectivity index (χ4n) is 4.78. The number of morpholine rings is 1. The van der Waals surface area contributed by atoms with Crippen LogP contribution in [0.3, 0.4) is 0 Å². The van der Waals surface area contributed by atoms with E-state index in [-0.39, 0.29) is 30.9 Å². The Kier molecular flexibility index (Phi) is 9.41. The summed E-state index contributed by atoms with van der Waals surface area (Å²) in [5.41, 5.74) is 8.22. The summed E-state index contributed by atoms with van der Waals surface area (Å²) in [5.74, 6) is 1.68. The third kappa shape index (κ3) is 6.02. The van der Waals surface area contributed by atoms with E-state index in [1.165, 1.54) is 0 Å². The molecule has 2 fully saturated rings. The molecule has 13 heteroatoms. The zero-order valence-electron chi connectivity index (χ0n) is 21.3. The predicted octanol–water partition coefficient (Wildman–Crippen LogP) is 3.19. The van der Waals surface area contributed by atoms with Crippen LogP contribution in [0.15, 0.2) is 47.0 Å². The van der Waals surface area contributed by atoms with Crippen molar-refractivity contribution in [1.82, 2.24) is 24.8 Å². The predicted molar refractivity (Wildman–Crippen MR) is 153 cm³/mol. The molecule has 1 amide bonds. The van der Waals surface area contributed by atoms with Gasteiger partial charge in [0, 0.05) is 64.1 Å². The molecule has 2 N–H and O–H groups in total. The Morgan fingerprint density at radius 2 is 1.79 bits per heavy atom. The van der Waals surface area contributed by atoms with E-state index in [1.54, 1.807) is 23.2 Å². The van der Waals surface area contributed by atoms with E-state index in [1.807, 2.05) is 24.3 Å². The summed E-state index contributed by atoms with van der Waals surface area (Å²) in [7, 11) is 0. The van der Waals surface area contributed by atoms with Gasteiger partial charge < -0.3 is 29.4 Å². The van der Waals surface area contributed by atoms with Crippen LogP contribution in [-0.2, 0) is 4.74 Å². The van der Waals surface area contributed by atoms with Crippen molar-refractivity contribution in [2.45, 2.75) is 0 Å². The van der Waals surface area contributed by atoms with Crippen LogP contribution in [0.1, 0.15) is 0 Å². The van der Waals surface area contributed by atoms with E-state index in [9.17, 15) is 4.79 Å². The lowest BCUT2D eigenvalue weighted by molar-refractivity contribution is 0.112. The topological polar surface area (TPSA) is 123 Å². The number of carbonyl (C=O) groups excluding carboxylic acids is 1. The molecule has 2 aliphatic rings. The summed E-state index contributed by atoms with van der Waals surface area (Å²) in [5, 5.41) is 0.826. The Morgan fingerprint density at radius 1 is 1.00 bits per heavy atom. The van der Waals surface area contributed by atoms with Crippen molar-refractivity contribution in [1.29, 1.82) is 0 Å². The SMILES string of the molecule is Cl.Cl.NCCN1CCN(C(=O)Oc2cccc(-c3nc(N4CCOCC4)c4oc5ncccc5c4n3)c2)CC1. The van der Waals surface area contributed by atoms with Gasteiger partial charge in [0.05, 0.1) is 18.6 Å². The largest absolute Gasteiger partial charge is 0.432 e. The molecule has 208 valence electrons. The molecule has 3 aromatic heterocycles. The monoisotopic (exact) mass is 575 g/mol. The molecule has 0 aliphatic carbocycles. The highest BCUT2D eigenvalue weighted by Gasteiger charge is 2.24. The van der Waals surface area contributed by atoms with Crippen molar-refractivity contribution < 1.29 is 18.7 Å². The molecule has 0 unspecified atom stereocenters. The third-order valence-corrected chi connectivity index (χ3v) is 6.76. The average Bonchev–Trinajstić information content (AvgIpc) is 3.32. The molecule has 0 radical (unpaired) electrons. The number of hydrogen-bond donors (Lipinski definition) is 1. The van der Waals surface area contributed by atoms with Crippen molar-refractivity contribution in [3.63, 3.8) is 0 Å². The van der Waals surface area contributed by atoms with Gasteiger partial charge in [0.2, 0.25) is 5.71 Å². The highest BCUT2D eigenvalue weighted by Crippen LogP contribution is 2.35. The number of benzene rings is 1. The van der Waals surface area contributed by atoms with Crippen molar-refractivity contribution in [3.8, 4) is 17.1 Å². The molecule has 39 heavy (non-hydrogen) atoms. The Labute approximate surface area is 238 Å². The molecular weight excluding hydrogens is 545 g/mol. The highest BCUT2D eigenvalue weighted by atomic mass is 35.5. The average molecular weight is 576 g/mol. The van der Waals surface area contributed by atoms with Gasteiger partial charge in [-0.05, 0) is 24.3 Å². The lowest BCUT2D eigenvalue weighted by Crippen LogP contribution is -2.50. The summed E-state index contributed by atoms with van der Waals surface area (Å²) < 4.78 is 17.4. The number of rotatable bonds is 5. The fourth-order valence-corrected chi connectivity index (χ4v) is 4.78. The second kappa shape index (κ2) is 12.8. The maximum Gasteiger partial charge on any atom is 0.415 e. The maximum atomic E-state index is 12.8. The normalized spacial score (nSPS) is 16.1. The quantitative estimate of drug-likeness (QED) is 0.379. The van der Waals surface area contributed by atoms with Crippen LogP contribution in [0, 0.1) is 0 Å². The number of nitrogens with zero attached hydrogens (tertiary/aromatic N) is 6. The van der Waals surface area contributed by atoms with E-state index in [0.29, 0.717) is 80.1 Å². The van der Waals surface area contributed by atoms with Gasteiger partial charge in [0.25, 0.3) is 0 Å². The number of nitrogens with two attached hydrogens (primary N) is 1. The van der Waals surface area contributed by atoms with E-state index >= 15 is 0 Å². The first-order valence-corrected chi connectivity index (χ1v) is 12.6. The lowest BCUT2D eigenvalue weighted by atomic mass is 10.2. The lowest BCUT2D eigenvalue weighted by Gasteiger charge is -2.33. The first-order valence-electron chi connectivity index (χ1n) is 12.6. The number of amides is 1. The zero-order chi connectivity index (χ0) is 25.2. The number of piperazine rings is 1. The van der Waals surface area contributed by atoms with E-state index in [4.69, 9.17) is 29.6 Å². The number of halogens is 2. The zero-order valence-corrected chi connectivity index (χ0v) is 23.0. The van der Waals surface area contributed by atoms with Crippen LogP contribution in [-0.4, -0.2) is 96.4 Å². The molecule has 0 bridgehead atoms. The molecule has 11 nitrogen and oxygen atoms in total. The van der Waals surface area contributed by atoms with Gasteiger partial charge >= 0.3 is 6.09 Å². The van der Waals surface area contributed by atoms with E-state index in [2.05, 4.69) is 14.8 Å². The Morgan fingerprint density at radius 3 is 2.56 bits per heavy atom. The van der Waals surface area contributed by atoms with Gasteiger partial charge in [-0.2, -0.15) is 0 Å². The smallest absolute Gasteiger partial charge is 0.415 e. The minimum absolute atomic E-state index is 0. The first kappa shape index (κ1) is 28.8. The van der Waals surface area contributed by atoms with Gasteiger partial charge in [-0.3, -0.25) is 4.90 Å². The van der Waals surface area contributed by atoms with Crippen LogP contribution in [0.4, 0.5) is 10.6 Å². The van der Waals surface area contributed by atoms with Crippen LogP contribution >= 0.6 is 24.8 Å². The van der Waals surface area contributed by atoms with Gasteiger partial charge in [-0.1, -0.05) is 12.1 Å². The summed E-state index contributed by atoms with van der Waals surface area (Å²) in [6.45, 7) is 6.89. The molecular formula is C26H31Cl2N7O4. The standard InChI is InChI=1S/C26H29N7O4.2ClH/c27-6-8-31-9-11-33(12-10-31)26(34)36-19-4-1-3-18(17-19)23-29-21-20-5-2-7-28-25(20)37-22(21)24(30-23)32-13-15-35-16-14-32;;/h1-5,7,17H,6,8-16,27H2;2*1H. The number of fused-ring (bicyclic) bond motifs is 3. The Balaban J connectivity index is 0.00000176. The van der Waals surface area contributed by atoms with E-state index in [0.717, 1.165) is 30.6 Å². The van der Waals surface area contributed by atoms with Gasteiger partial charge in [0.15, 0.2) is 17.2 Å². The number of aromatic nitrogens is 3. The van der Waals surface area contributed by atoms with Gasteiger partial charge in [-0.25, -0.2) is 19.7 Å². The number of pyridine rings is 1. The fraction of sp³-hybridized carbons (Fsp3) is 0.385. The number of hydrogen-bond acceptors (Lipinski definition) is 10. The second-order valence-electron chi connectivity index (χ2n) is 9.12. The van der Waals surface area contributed by atoms with Crippen molar-refractivity contribution in [3.05, 3.63) is 42.6 Å². The molecule has 4 aromatic rings. The van der Waals surface area contributed by atoms with Gasteiger partial charge in [-0.15, -0.1) is 24.8 Å². The summed E-state index contributed by atoms with van der Waals surface area (Å²) >= 11 is 0. The number of furan rings is 1. The number of carbonyl (C=O) groups is 1. The third-order valence-electron chi connectivity index (χ3n) is 6.76. The molecule has 0 spiro atoms. The summed E-state index contributed by atoms with van der Waals surface area (Å²) in [6.07, 6.45) is 1.34. The van der Waals surface area contributed by atoms with E-state index < -0.39 is 0 Å². The number of ether oxygens (including phenoxy) is 2. The Hall–Kier alpha value is -3.22. The van der Waals surface area contributed by atoms with Gasteiger partial charge in [0.1, 0.15) is 11.3 Å². The maximum absolute atomic E-state index is 12.8. The summed E-state index contributed by atoms with van der Waals surface area (Å²) in [6, 6.07) is 11.1. The van der Waals surface area contributed by atoms with Crippen molar-refractivity contribution >= 4 is 58.9 Å². The molecule has 2 saturated heterocycles. The van der Waals surface area contributed by atoms with Crippen molar-refractivity contribution in [2.75, 3.05) is 70.5 Å².